The van der Waals surface area contributed by atoms with Gasteiger partial charge in [0.15, 0.2) is 0 Å². The van der Waals surface area contributed by atoms with Crippen LogP contribution in [0.2, 0.25) is 0 Å². The van der Waals surface area contributed by atoms with Gasteiger partial charge in [-0.1, -0.05) is 42.0 Å². The number of nitrogens with zero attached hydrogens (tertiary/aromatic N) is 1. The second-order valence-electron chi connectivity index (χ2n) is 5.22. The molecule has 2 aromatic carbocycles. The van der Waals surface area contributed by atoms with Crippen molar-refractivity contribution >= 4 is 16.6 Å². The average molecular weight is 277 g/mol. The van der Waals surface area contributed by atoms with Crippen molar-refractivity contribution in [2.45, 2.75) is 13.0 Å². The molecule has 1 heterocycles. The fraction of sp³-hybridized carbons (Fsp3) is 0.167. The van der Waals surface area contributed by atoms with Crippen LogP contribution in [0.25, 0.3) is 10.9 Å². The molecule has 1 unspecified atom stereocenters. The highest BCUT2D eigenvalue weighted by Gasteiger charge is 2.13. The van der Waals surface area contributed by atoms with E-state index in [0.717, 1.165) is 22.2 Å². The number of hydrogen-bond donors (Lipinski definition) is 2. The Morgan fingerprint density at radius 1 is 1.05 bits per heavy atom. The minimum Gasteiger partial charge on any atom is -0.377 e. The van der Waals surface area contributed by atoms with E-state index in [1.165, 1.54) is 5.56 Å². The van der Waals surface area contributed by atoms with Gasteiger partial charge in [-0.3, -0.25) is 4.98 Å². The molecule has 0 bridgehead atoms. The van der Waals surface area contributed by atoms with Gasteiger partial charge in [-0.05, 0) is 25.1 Å². The van der Waals surface area contributed by atoms with E-state index in [0.29, 0.717) is 6.54 Å². The van der Waals surface area contributed by atoms with Gasteiger partial charge < -0.3 is 11.1 Å². The monoisotopic (exact) mass is 277 g/mol. The molecule has 0 aliphatic rings. The number of pyridine rings is 1. The Morgan fingerprint density at radius 2 is 1.81 bits per heavy atom. The molecular formula is C18H19N3. The van der Waals surface area contributed by atoms with E-state index in [1.54, 1.807) is 0 Å². The Balaban J connectivity index is 1.96. The molecule has 21 heavy (non-hydrogen) atoms. The summed E-state index contributed by atoms with van der Waals surface area (Å²) < 4.78 is 0. The summed E-state index contributed by atoms with van der Waals surface area (Å²) in [6.07, 6.45) is 1.82. The number of fused-ring (bicyclic) bond motifs is 1. The van der Waals surface area contributed by atoms with Crippen LogP contribution in [0.15, 0.2) is 60.8 Å². The van der Waals surface area contributed by atoms with Crippen molar-refractivity contribution in [3.63, 3.8) is 0 Å². The predicted molar refractivity (Wildman–Crippen MR) is 88.3 cm³/mol. The first-order valence-electron chi connectivity index (χ1n) is 7.15. The number of anilines is 1. The van der Waals surface area contributed by atoms with Gasteiger partial charge in [0, 0.05) is 29.4 Å². The summed E-state index contributed by atoms with van der Waals surface area (Å²) >= 11 is 0. The van der Waals surface area contributed by atoms with Crippen LogP contribution in [-0.2, 0) is 0 Å². The van der Waals surface area contributed by atoms with Crippen LogP contribution >= 0.6 is 0 Å². The first kappa shape index (κ1) is 13.6. The second kappa shape index (κ2) is 5.94. The first-order chi connectivity index (χ1) is 10.3. The average Bonchev–Trinajstić information content (AvgIpc) is 2.54. The number of nitrogens with one attached hydrogen (secondary N) is 1. The fourth-order valence-electron chi connectivity index (χ4n) is 2.52. The normalized spacial score (nSPS) is 12.3. The predicted octanol–water partition coefficient (Wildman–Crippen LogP) is 3.66. The van der Waals surface area contributed by atoms with Gasteiger partial charge in [0.05, 0.1) is 11.6 Å². The van der Waals surface area contributed by atoms with Crippen LogP contribution in [0, 0.1) is 6.92 Å². The molecule has 1 aromatic heterocycles. The molecule has 0 aliphatic carbocycles. The van der Waals surface area contributed by atoms with Crippen LogP contribution in [0.1, 0.15) is 17.2 Å². The highest BCUT2D eigenvalue weighted by Crippen LogP contribution is 2.25. The zero-order chi connectivity index (χ0) is 14.7. The quantitative estimate of drug-likeness (QED) is 0.765. The maximum Gasteiger partial charge on any atom is 0.0755 e. The molecule has 3 aromatic rings. The number of hydrogen-bond acceptors (Lipinski definition) is 3. The Morgan fingerprint density at radius 3 is 2.57 bits per heavy atom. The molecule has 0 spiro atoms. The molecule has 1 atom stereocenters. The maximum atomic E-state index is 5.98. The van der Waals surface area contributed by atoms with Crippen LogP contribution in [0.3, 0.4) is 0 Å². The van der Waals surface area contributed by atoms with Crippen molar-refractivity contribution in [2.75, 3.05) is 11.9 Å². The van der Waals surface area contributed by atoms with Gasteiger partial charge in [0.25, 0.3) is 0 Å². The van der Waals surface area contributed by atoms with E-state index in [2.05, 4.69) is 65.8 Å². The molecule has 3 nitrogen and oxygen atoms in total. The third-order valence-electron chi connectivity index (χ3n) is 3.67. The fourth-order valence-corrected chi connectivity index (χ4v) is 2.52. The lowest BCUT2D eigenvalue weighted by Gasteiger charge is -2.20. The second-order valence-corrected chi connectivity index (χ2v) is 5.22. The number of para-hydroxylation sites is 1. The molecule has 0 aliphatic heterocycles. The van der Waals surface area contributed by atoms with Crippen molar-refractivity contribution in [3.05, 3.63) is 71.9 Å². The van der Waals surface area contributed by atoms with Gasteiger partial charge >= 0.3 is 0 Å². The lowest BCUT2D eigenvalue weighted by Crippen LogP contribution is -2.21. The maximum absolute atomic E-state index is 5.98. The smallest absolute Gasteiger partial charge is 0.0755 e. The highest BCUT2D eigenvalue weighted by atomic mass is 14.9. The van der Waals surface area contributed by atoms with E-state index in [9.17, 15) is 0 Å². The van der Waals surface area contributed by atoms with Crippen LogP contribution in [-0.4, -0.2) is 11.5 Å². The molecule has 0 amide bonds. The van der Waals surface area contributed by atoms with Gasteiger partial charge in [0.1, 0.15) is 0 Å². The standard InChI is InChI=1S/C18H19N3/c1-13-7-9-15(10-8-13)21-17(12-19)16-6-2-4-14-5-3-11-20-18(14)16/h2-11,17,21H,12,19H2,1H3. The van der Waals surface area contributed by atoms with Crippen molar-refractivity contribution in [1.82, 2.24) is 4.98 Å². The number of rotatable bonds is 4. The third kappa shape index (κ3) is 2.88. The Hall–Kier alpha value is -2.39. The zero-order valence-corrected chi connectivity index (χ0v) is 12.1. The number of benzene rings is 2. The van der Waals surface area contributed by atoms with E-state index >= 15 is 0 Å². The van der Waals surface area contributed by atoms with E-state index < -0.39 is 0 Å². The summed E-state index contributed by atoms with van der Waals surface area (Å²) in [5, 5.41) is 4.64. The molecule has 0 radical (unpaired) electrons. The van der Waals surface area contributed by atoms with Gasteiger partial charge in [-0.15, -0.1) is 0 Å². The van der Waals surface area contributed by atoms with Crippen molar-refractivity contribution in [2.24, 2.45) is 5.73 Å². The minimum absolute atomic E-state index is 0.0475. The number of aryl methyl sites for hydroxylation is 1. The number of nitrogens with two attached hydrogens (primary N) is 1. The lowest BCUT2D eigenvalue weighted by atomic mass is 10.0. The molecule has 0 saturated carbocycles. The summed E-state index contributed by atoms with van der Waals surface area (Å²) in [6.45, 7) is 2.60. The summed E-state index contributed by atoms with van der Waals surface area (Å²) in [6, 6.07) is 18.6. The van der Waals surface area contributed by atoms with Crippen LogP contribution in [0.4, 0.5) is 5.69 Å². The molecule has 3 heteroatoms. The Kier molecular flexibility index (Phi) is 3.84. The van der Waals surface area contributed by atoms with Gasteiger partial charge in [0.2, 0.25) is 0 Å². The lowest BCUT2D eigenvalue weighted by molar-refractivity contribution is 0.794. The van der Waals surface area contributed by atoms with Crippen LogP contribution < -0.4 is 11.1 Å². The van der Waals surface area contributed by atoms with Gasteiger partial charge in [-0.2, -0.15) is 0 Å². The molecule has 3 N–H and O–H groups in total. The first-order valence-corrected chi connectivity index (χ1v) is 7.15. The third-order valence-corrected chi connectivity index (χ3v) is 3.67. The minimum atomic E-state index is 0.0475. The summed E-state index contributed by atoms with van der Waals surface area (Å²) in [7, 11) is 0. The summed E-state index contributed by atoms with van der Waals surface area (Å²) in [4.78, 5) is 4.51. The van der Waals surface area contributed by atoms with Crippen molar-refractivity contribution < 1.29 is 0 Å². The largest absolute Gasteiger partial charge is 0.377 e. The SMILES string of the molecule is Cc1ccc(NC(CN)c2cccc3cccnc23)cc1. The molecular weight excluding hydrogens is 258 g/mol. The van der Waals surface area contributed by atoms with Crippen molar-refractivity contribution in [3.8, 4) is 0 Å². The van der Waals surface area contributed by atoms with Gasteiger partial charge in [-0.25, -0.2) is 0 Å². The summed E-state index contributed by atoms with van der Waals surface area (Å²) in [5.41, 5.74) is 10.4. The Bertz CT molecular complexity index is 730. The molecule has 106 valence electrons. The van der Waals surface area contributed by atoms with E-state index in [1.807, 2.05) is 12.3 Å². The van der Waals surface area contributed by atoms with E-state index in [-0.39, 0.29) is 6.04 Å². The topological polar surface area (TPSA) is 50.9 Å². The molecule has 0 fully saturated rings. The molecule has 0 saturated heterocycles. The summed E-state index contributed by atoms with van der Waals surface area (Å²) in [5.74, 6) is 0. The Labute approximate surface area is 124 Å². The highest BCUT2D eigenvalue weighted by molar-refractivity contribution is 5.82. The molecule has 3 rings (SSSR count). The zero-order valence-electron chi connectivity index (χ0n) is 12.1. The van der Waals surface area contributed by atoms with E-state index in [4.69, 9.17) is 5.73 Å². The van der Waals surface area contributed by atoms with Crippen molar-refractivity contribution in [1.29, 1.82) is 0 Å². The van der Waals surface area contributed by atoms with Crippen LogP contribution in [0.5, 0.6) is 0 Å². The number of aromatic nitrogens is 1.